The largest absolute Gasteiger partial charge is 0.482 e. The van der Waals surface area contributed by atoms with E-state index >= 15 is 0 Å². The van der Waals surface area contributed by atoms with Crippen LogP contribution in [0.3, 0.4) is 0 Å². The minimum Gasteiger partial charge on any atom is -0.482 e. The third kappa shape index (κ3) is 5.56. The van der Waals surface area contributed by atoms with Crippen LogP contribution in [-0.2, 0) is 13.8 Å². The Balaban J connectivity index is 2.64. The van der Waals surface area contributed by atoms with E-state index in [9.17, 15) is 13.2 Å². The molecule has 112 valence electrons. The molecule has 1 rings (SSSR count). The van der Waals surface area contributed by atoms with Crippen LogP contribution in [0.15, 0.2) is 23.1 Å². The predicted molar refractivity (Wildman–Crippen MR) is 77.8 cm³/mol. The van der Waals surface area contributed by atoms with Crippen molar-refractivity contribution in [3.63, 3.8) is 0 Å². The summed E-state index contributed by atoms with van der Waals surface area (Å²) in [5.74, 6) is 0.287. The van der Waals surface area contributed by atoms with Crippen molar-refractivity contribution in [1.82, 2.24) is 5.32 Å². The van der Waals surface area contributed by atoms with Crippen LogP contribution in [0.5, 0.6) is 5.75 Å². The molecular formula is C12H15Cl2NO4S. The molecule has 0 unspecified atom stereocenters. The van der Waals surface area contributed by atoms with Gasteiger partial charge in [0.2, 0.25) is 0 Å². The SMILES string of the molecule is CC(C)CNC(=O)COc1ccc(S(=O)(=O)Cl)cc1Cl. The highest BCUT2D eigenvalue weighted by Gasteiger charge is 2.13. The minimum atomic E-state index is -3.84. The van der Waals surface area contributed by atoms with Gasteiger partial charge in [0.25, 0.3) is 15.0 Å². The second-order valence-electron chi connectivity index (χ2n) is 4.52. The maximum absolute atomic E-state index is 11.5. The molecule has 0 aliphatic carbocycles. The molecule has 0 aliphatic heterocycles. The van der Waals surface area contributed by atoms with E-state index in [2.05, 4.69) is 5.32 Å². The van der Waals surface area contributed by atoms with Gasteiger partial charge in [-0.2, -0.15) is 0 Å². The van der Waals surface area contributed by atoms with Crippen molar-refractivity contribution in [2.75, 3.05) is 13.2 Å². The second kappa shape index (κ2) is 7.15. The molecule has 1 aromatic rings. The summed E-state index contributed by atoms with van der Waals surface area (Å²) in [6.45, 7) is 4.31. The van der Waals surface area contributed by atoms with E-state index in [1.54, 1.807) is 0 Å². The van der Waals surface area contributed by atoms with E-state index in [4.69, 9.17) is 27.0 Å². The Morgan fingerprint density at radius 1 is 1.40 bits per heavy atom. The monoisotopic (exact) mass is 339 g/mol. The van der Waals surface area contributed by atoms with Gasteiger partial charge in [-0.15, -0.1) is 0 Å². The van der Waals surface area contributed by atoms with Gasteiger partial charge in [-0.3, -0.25) is 4.79 Å². The van der Waals surface area contributed by atoms with Gasteiger partial charge in [0, 0.05) is 17.2 Å². The normalized spacial score (nSPS) is 11.4. The van der Waals surface area contributed by atoms with Crippen molar-refractivity contribution < 1.29 is 17.9 Å². The van der Waals surface area contributed by atoms with Gasteiger partial charge < -0.3 is 10.1 Å². The predicted octanol–water partition coefficient (Wildman–Crippen LogP) is 2.42. The number of halogens is 2. The summed E-state index contributed by atoms with van der Waals surface area (Å²) >= 11 is 5.87. The Morgan fingerprint density at radius 3 is 2.55 bits per heavy atom. The third-order valence-corrected chi connectivity index (χ3v) is 3.90. The molecule has 5 nitrogen and oxygen atoms in total. The first kappa shape index (κ1) is 17.1. The van der Waals surface area contributed by atoms with E-state index < -0.39 is 9.05 Å². The zero-order chi connectivity index (χ0) is 15.3. The summed E-state index contributed by atoms with van der Waals surface area (Å²) in [5, 5.41) is 2.76. The number of carbonyl (C=O) groups is 1. The fourth-order valence-electron chi connectivity index (χ4n) is 1.26. The maximum atomic E-state index is 11.5. The maximum Gasteiger partial charge on any atom is 0.261 e. The number of amides is 1. The zero-order valence-corrected chi connectivity index (χ0v) is 13.3. The number of nitrogens with one attached hydrogen (secondary N) is 1. The highest BCUT2D eigenvalue weighted by atomic mass is 35.7. The van der Waals surface area contributed by atoms with Gasteiger partial charge in [-0.25, -0.2) is 8.42 Å². The summed E-state index contributed by atoms with van der Waals surface area (Å²) < 4.78 is 27.4. The van der Waals surface area contributed by atoms with Gasteiger partial charge in [0.15, 0.2) is 6.61 Å². The van der Waals surface area contributed by atoms with E-state index in [0.29, 0.717) is 12.5 Å². The first-order valence-electron chi connectivity index (χ1n) is 5.84. The first-order valence-corrected chi connectivity index (χ1v) is 8.52. The van der Waals surface area contributed by atoms with Crippen molar-refractivity contribution in [3.05, 3.63) is 23.2 Å². The molecule has 0 aliphatic rings. The molecule has 0 fully saturated rings. The van der Waals surface area contributed by atoms with Gasteiger partial charge in [-0.05, 0) is 24.1 Å². The standard InChI is InChI=1S/C12H15Cl2NO4S/c1-8(2)6-15-12(16)7-19-11-4-3-9(5-10(11)13)20(14,17)18/h3-5,8H,6-7H2,1-2H3,(H,15,16). The lowest BCUT2D eigenvalue weighted by Crippen LogP contribution is -2.31. The molecule has 1 N–H and O–H groups in total. The Labute approximate surface area is 127 Å². The molecule has 0 bridgehead atoms. The van der Waals surface area contributed by atoms with Crippen LogP contribution in [0.25, 0.3) is 0 Å². The molecule has 1 amide bonds. The summed E-state index contributed by atoms with van der Waals surface area (Å²) in [6, 6.07) is 3.79. The van der Waals surface area contributed by atoms with Crippen molar-refractivity contribution >= 4 is 37.2 Å². The van der Waals surface area contributed by atoms with E-state index in [1.807, 2.05) is 13.8 Å². The quantitative estimate of drug-likeness (QED) is 0.808. The molecule has 0 atom stereocenters. The van der Waals surface area contributed by atoms with Gasteiger partial charge in [-0.1, -0.05) is 25.4 Å². The lowest BCUT2D eigenvalue weighted by atomic mass is 10.2. The molecule has 0 aromatic heterocycles. The Bertz CT molecular complexity index is 587. The number of hydrogen-bond donors (Lipinski definition) is 1. The topological polar surface area (TPSA) is 72.5 Å². The van der Waals surface area contributed by atoms with Crippen LogP contribution >= 0.6 is 22.3 Å². The molecule has 1 aromatic carbocycles. The van der Waals surface area contributed by atoms with Crippen molar-refractivity contribution in [3.8, 4) is 5.75 Å². The van der Waals surface area contributed by atoms with Crippen LogP contribution < -0.4 is 10.1 Å². The summed E-state index contributed by atoms with van der Waals surface area (Å²) in [6.07, 6.45) is 0. The Hall–Kier alpha value is -0.980. The van der Waals surface area contributed by atoms with Crippen LogP contribution in [0.1, 0.15) is 13.8 Å². The lowest BCUT2D eigenvalue weighted by Gasteiger charge is -2.10. The molecular weight excluding hydrogens is 325 g/mol. The zero-order valence-electron chi connectivity index (χ0n) is 11.0. The van der Waals surface area contributed by atoms with E-state index in [-0.39, 0.29) is 28.2 Å². The molecule has 20 heavy (non-hydrogen) atoms. The summed E-state index contributed by atoms with van der Waals surface area (Å²) in [7, 11) is 1.35. The van der Waals surface area contributed by atoms with Crippen LogP contribution in [0.4, 0.5) is 0 Å². The fourth-order valence-corrected chi connectivity index (χ4v) is 2.34. The Morgan fingerprint density at radius 2 is 2.05 bits per heavy atom. The molecule has 0 spiro atoms. The Kier molecular flexibility index (Phi) is 6.10. The van der Waals surface area contributed by atoms with E-state index in [0.717, 1.165) is 0 Å². The molecule has 0 radical (unpaired) electrons. The summed E-state index contributed by atoms with van der Waals surface area (Å²) in [4.78, 5) is 11.3. The number of hydrogen-bond acceptors (Lipinski definition) is 4. The van der Waals surface area contributed by atoms with Crippen molar-refractivity contribution in [2.45, 2.75) is 18.7 Å². The average molecular weight is 340 g/mol. The molecule has 8 heteroatoms. The van der Waals surface area contributed by atoms with Gasteiger partial charge in [0.05, 0.1) is 9.92 Å². The van der Waals surface area contributed by atoms with Crippen molar-refractivity contribution in [1.29, 1.82) is 0 Å². The van der Waals surface area contributed by atoms with E-state index in [1.165, 1.54) is 18.2 Å². The van der Waals surface area contributed by atoms with Crippen LogP contribution in [0, 0.1) is 5.92 Å². The second-order valence-corrected chi connectivity index (χ2v) is 7.49. The van der Waals surface area contributed by atoms with Crippen molar-refractivity contribution in [2.24, 2.45) is 5.92 Å². The summed E-state index contributed by atoms with van der Waals surface area (Å²) in [5.41, 5.74) is 0. The van der Waals surface area contributed by atoms with Gasteiger partial charge >= 0.3 is 0 Å². The number of ether oxygens (including phenoxy) is 1. The van der Waals surface area contributed by atoms with Crippen LogP contribution in [0.2, 0.25) is 5.02 Å². The first-order chi connectivity index (χ1) is 9.20. The third-order valence-electron chi connectivity index (χ3n) is 2.25. The fraction of sp³-hybridized carbons (Fsp3) is 0.417. The lowest BCUT2D eigenvalue weighted by molar-refractivity contribution is -0.123. The molecule has 0 saturated heterocycles. The highest BCUT2D eigenvalue weighted by molar-refractivity contribution is 8.13. The van der Waals surface area contributed by atoms with Gasteiger partial charge in [0.1, 0.15) is 5.75 Å². The minimum absolute atomic E-state index is 0.0726. The van der Waals surface area contributed by atoms with Crippen LogP contribution in [-0.4, -0.2) is 27.5 Å². The average Bonchev–Trinajstić information content (AvgIpc) is 2.33. The number of benzene rings is 1. The number of carbonyl (C=O) groups excluding carboxylic acids is 1. The smallest absolute Gasteiger partial charge is 0.261 e. The number of rotatable bonds is 6. The highest BCUT2D eigenvalue weighted by Crippen LogP contribution is 2.28. The molecule has 0 saturated carbocycles. The molecule has 0 heterocycles.